The Hall–Kier alpha value is -1.94. The van der Waals surface area contributed by atoms with Crippen LogP contribution in [-0.4, -0.2) is 18.7 Å². The quantitative estimate of drug-likeness (QED) is 0.547. The van der Waals surface area contributed by atoms with E-state index in [0.29, 0.717) is 6.29 Å². The van der Waals surface area contributed by atoms with Crippen molar-refractivity contribution < 1.29 is 9.59 Å². The number of rotatable bonds is 4. The molecule has 3 N–H and O–H groups in total. The molecule has 15 heavy (non-hydrogen) atoms. The monoisotopic (exact) mass is 204 g/mol. The van der Waals surface area contributed by atoms with Crippen LogP contribution in [0.15, 0.2) is 36.0 Å². The van der Waals surface area contributed by atoms with Crippen LogP contribution in [-0.2, 0) is 9.59 Å². The zero-order chi connectivity index (χ0) is 11.1. The van der Waals surface area contributed by atoms with Crippen molar-refractivity contribution in [2.75, 3.05) is 6.54 Å². The standard InChI is InChI=1S/C11H12N2O2/c12-7-11(15)13-10(8-14)6-9-4-2-1-3-5-9/h1-6,8H,7,12H2,(H,13,15). The average molecular weight is 204 g/mol. The second-order valence-electron chi connectivity index (χ2n) is 2.88. The third-order valence-electron chi connectivity index (χ3n) is 1.72. The van der Waals surface area contributed by atoms with Crippen LogP contribution >= 0.6 is 0 Å². The Morgan fingerprint density at radius 1 is 1.33 bits per heavy atom. The number of carbonyl (C=O) groups is 2. The molecule has 1 aromatic carbocycles. The summed E-state index contributed by atoms with van der Waals surface area (Å²) in [5.74, 6) is -0.385. The van der Waals surface area contributed by atoms with Crippen LogP contribution in [0.1, 0.15) is 5.56 Å². The van der Waals surface area contributed by atoms with Crippen molar-refractivity contribution in [3.8, 4) is 0 Å². The highest BCUT2D eigenvalue weighted by molar-refractivity contribution is 5.90. The minimum atomic E-state index is -0.385. The Labute approximate surface area is 87.8 Å². The van der Waals surface area contributed by atoms with Gasteiger partial charge in [0.05, 0.1) is 12.2 Å². The van der Waals surface area contributed by atoms with E-state index in [-0.39, 0.29) is 18.1 Å². The summed E-state index contributed by atoms with van der Waals surface area (Å²) in [6.45, 7) is -0.139. The van der Waals surface area contributed by atoms with Crippen LogP contribution in [0.5, 0.6) is 0 Å². The molecule has 0 radical (unpaired) electrons. The second-order valence-corrected chi connectivity index (χ2v) is 2.88. The summed E-state index contributed by atoms with van der Waals surface area (Å²) in [5, 5.41) is 2.39. The smallest absolute Gasteiger partial charge is 0.238 e. The Bertz CT molecular complexity index is 371. The molecule has 0 saturated carbocycles. The molecular weight excluding hydrogens is 192 g/mol. The molecule has 4 heteroatoms. The van der Waals surface area contributed by atoms with E-state index in [9.17, 15) is 9.59 Å². The average Bonchev–Trinajstić information content (AvgIpc) is 2.29. The van der Waals surface area contributed by atoms with E-state index < -0.39 is 0 Å². The third-order valence-corrected chi connectivity index (χ3v) is 1.72. The van der Waals surface area contributed by atoms with Crippen molar-refractivity contribution >= 4 is 18.3 Å². The molecule has 0 heterocycles. The molecular formula is C11H12N2O2. The molecule has 0 aliphatic heterocycles. The molecule has 1 rings (SSSR count). The molecule has 1 amide bonds. The molecule has 1 aromatic rings. The van der Waals surface area contributed by atoms with Gasteiger partial charge in [0.2, 0.25) is 5.91 Å². The first-order chi connectivity index (χ1) is 7.26. The Balaban J connectivity index is 2.79. The SMILES string of the molecule is NCC(=O)NC(C=O)=Cc1ccccc1. The molecule has 0 aliphatic rings. The molecule has 0 fully saturated rings. The number of nitrogens with one attached hydrogen (secondary N) is 1. The topological polar surface area (TPSA) is 72.2 Å². The van der Waals surface area contributed by atoms with Crippen LogP contribution in [0.4, 0.5) is 0 Å². The van der Waals surface area contributed by atoms with Crippen molar-refractivity contribution in [1.29, 1.82) is 0 Å². The molecule has 0 saturated heterocycles. The van der Waals surface area contributed by atoms with Gasteiger partial charge < -0.3 is 11.1 Å². The van der Waals surface area contributed by atoms with Gasteiger partial charge in [0.1, 0.15) is 0 Å². The van der Waals surface area contributed by atoms with Gasteiger partial charge in [-0.1, -0.05) is 30.3 Å². The fourth-order valence-corrected chi connectivity index (χ4v) is 1.04. The normalized spacial score (nSPS) is 10.9. The number of aldehydes is 1. The minimum absolute atomic E-state index is 0.139. The highest BCUT2D eigenvalue weighted by Gasteiger charge is 2.00. The molecule has 78 valence electrons. The number of nitrogens with two attached hydrogens (primary N) is 1. The lowest BCUT2D eigenvalue weighted by Gasteiger charge is -2.01. The Kier molecular flexibility index (Phi) is 4.25. The lowest BCUT2D eigenvalue weighted by Crippen LogP contribution is -2.30. The van der Waals surface area contributed by atoms with Gasteiger partial charge in [-0.25, -0.2) is 0 Å². The highest BCUT2D eigenvalue weighted by atomic mass is 16.2. The molecule has 0 aliphatic carbocycles. The van der Waals surface area contributed by atoms with E-state index in [4.69, 9.17) is 5.73 Å². The van der Waals surface area contributed by atoms with E-state index in [2.05, 4.69) is 5.32 Å². The van der Waals surface area contributed by atoms with Gasteiger partial charge in [0, 0.05) is 0 Å². The molecule has 0 spiro atoms. The van der Waals surface area contributed by atoms with Crippen molar-refractivity contribution in [1.82, 2.24) is 5.32 Å². The number of hydrogen-bond acceptors (Lipinski definition) is 3. The molecule has 0 atom stereocenters. The summed E-state index contributed by atoms with van der Waals surface area (Å²) in [6, 6.07) is 9.23. The van der Waals surface area contributed by atoms with Crippen LogP contribution in [0.2, 0.25) is 0 Å². The Morgan fingerprint density at radius 2 is 2.00 bits per heavy atom. The van der Waals surface area contributed by atoms with Gasteiger partial charge >= 0.3 is 0 Å². The molecule has 0 bridgehead atoms. The zero-order valence-electron chi connectivity index (χ0n) is 8.14. The van der Waals surface area contributed by atoms with Gasteiger partial charge in [0.15, 0.2) is 6.29 Å². The van der Waals surface area contributed by atoms with Gasteiger partial charge in [-0.3, -0.25) is 9.59 Å². The summed E-state index contributed by atoms with van der Waals surface area (Å²) in [7, 11) is 0. The maximum absolute atomic E-state index is 10.9. The second kappa shape index (κ2) is 5.72. The van der Waals surface area contributed by atoms with Gasteiger partial charge in [-0.2, -0.15) is 0 Å². The van der Waals surface area contributed by atoms with Crippen molar-refractivity contribution in [3.63, 3.8) is 0 Å². The first-order valence-electron chi connectivity index (χ1n) is 4.48. The Morgan fingerprint density at radius 3 is 2.53 bits per heavy atom. The summed E-state index contributed by atoms with van der Waals surface area (Å²) in [4.78, 5) is 21.6. The third kappa shape index (κ3) is 3.74. The van der Waals surface area contributed by atoms with E-state index >= 15 is 0 Å². The molecule has 4 nitrogen and oxygen atoms in total. The van der Waals surface area contributed by atoms with Gasteiger partial charge in [-0.15, -0.1) is 0 Å². The largest absolute Gasteiger partial charge is 0.322 e. The molecule has 0 unspecified atom stereocenters. The predicted octanol–water partition coefficient (Wildman–Crippen LogP) is 0.301. The van der Waals surface area contributed by atoms with Crippen LogP contribution in [0, 0.1) is 0 Å². The maximum Gasteiger partial charge on any atom is 0.238 e. The summed E-state index contributed by atoms with van der Waals surface area (Å²) >= 11 is 0. The number of amides is 1. The van der Waals surface area contributed by atoms with Crippen molar-refractivity contribution in [3.05, 3.63) is 41.6 Å². The van der Waals surface area contributed by atoms with E-state index in [1.165, 1.54) is 0 Å². The lowest BCUT2D eigenvalue weighted by molar-refractivity contribution is -0.120. The number of benzene rings is 1. The van der Waals surface area contributed by atoms with Crippen LogP contribution in [0.3, 0.4) is 0 Å². The van der Waals surface area contributed by atoms with E-state index in [1.54, 1.807) is 6.08 Å². The molecule has 0 aromatic heterocycles. The summed E-state index contributed by atoms with van der Waals surface area (Å²) < 4.78 is 0. The number of hydrogen-bond donors (Lipinski definition) is 2. The van der Waals surface area contributed by atoms with Gasteiger partial charge in [-0.05, 0) is 11.6 Å². The van der Waals surface area contributed by atoms with Gasteiger partial charge in [0.25, 0.3) is 0 Å². The summed E-state index contributed by atoms with van der Waals surface area (Å²) in [5.41, 5.74) is 6.16. The van der Waals surface area contributed by atoms with Crippen molar-refractivity contribution in [2.24, 2.45) is 5.73 Å². The number of allylic oxidation sites excluding steroid dienone is 1. The first-order valence-corrected chi connectivity index (χ1v) is 4.48. The first kappa shape index (κ1) is 11.1. The predicted molar refractivity (Wildman–Crippen MR) is 57.7 cm³/mol. The summed E-state index contributed by atoms with van der Waals surface area (Å²) in [6.07, 6.45) is 2.17. The van der Waals surface area contributed by atoms with E-state index in [1.807, 2.05) is 30.3 Å². The fourth-order valence-electron chi connectivity index (χ4n) is 1.04. The van der Waals surface area contributed by atoms with Crippen LogP contribution < -0.4 is 11.1 Å². The fraction of sp³-hybridized carbons (Fsp3) is 0.0909. The lowest BCUT2D eigenvalue weighted by atomic mass is 10.2. The minimum Gasteiger partial charge on any atom is -0.322 e. The maximum atomic E-state index is 10.9. The zero-order valence-corrected chi connectivity index (χ0v) is 8.14. The highest BCUT2D eigenvalue weighted by Crippen LogP contribution is 2.02. The van der Waals surface area contributed by atoms with E-state index in [0.717, 1.165) is 5.56 Å². The van der Waals surface area contributed by atoms with Crippen LogP contribution in [0.25, 0.3) is 6.08 Å². The number of carbonyl (C=O) groups excluding carboxylic acids is 2. The van der Waals surface area contributed by atoms with Crippen molar-refractivity contribution in [2.45, 2.75) is 0 Å².